The van der Waals surface area contributed by atoms with Crippen LogP contribution in [0.15, 0.2) is 17.3 Å². The average molecular weight is 165 g/mol. The summed E-state index contributed by atoms with van der Waals surface area (Å²) in [7, 11) is 0. The van der Waals surface area contributed by atoms with Crippen LogP contribution in [0.3, 0.4) is 0 Å². The summed E-state index contributed by atoms with van der Waals surface area (Å²) in [5.41, 5.74) is 0. The van der Waals surface area contributed by atoms with Crippen molar-refractivity contribution in [2.45, 2.75) is 12.8 Å². The van der Waals surface area contributed by atoms with E-state index in [1.54, 1.807) is 0 Å². The molecule has 0 aromatic carbocycles. The first-order chi connectivity index (χ1) is 5.97. The second-order valence-corrected chi connectivity index (χ2v) is 3.21. The Bertz CT molecular complexity index is 202. The van der Waals surface area contributed by atoms with Crippen LogP contribution in [0, 0.1) is 0 Å². The Kier molecular flexibility index (Phi) is 2.42. The van der Waals surface area contributed by atoms with E-state index in [1.165, 1.54) is 5.84 Å². The van der Waals surface area contributed by atoms with E-state index < -0.39 is 0 Å². The van der Waals surface area contributed by atoms with E-state index >= 15 is 0 Å². The van der Waals surface area contributed by atoms with E-state index in [-0.39, 0.29) is 0 Å². The third kappa shape index (κ3) is 1.67. The lowest BCUT2D eigenvalue weighted by molar-refractivity contribution is 0.351. The van der Waals surface area contributed by atoms with Crippen LogP contribution in [0.2, 0.25) is 0 Å². The highest BCUT2D eigenvalue weighted by Gasteiger charge is 2.13. The minimum absolute atomic E-state index is 1.10. The zero-order valence-electron chi connectivity index (χ0n) is 7.29. The van der Waals surface area contributed by atoms with Crippen molar-refractivity contribution in [2.24, 2.45) is 4.99 Å². The first kappa shape index (κ1) is 7.80. The molecule has 2 aliphatic heterocycles. The molecule has 0 aromatic rings. The zero-order chi connectivity index (χ0) is 8.23. The lowest BCUT2D eigenvalue weighted by Crippen LogP contribution is -2.46. The van der Waals surface area contributed by atoms with Gasteiger partial charge < -0.3 is 10.2 Å². The molecule has 2 heterocycles. The molecule has 1 N–H and O–H groups in total. The van der Waals surface area contributed by atoms with Crippen molar-refractivity contribution in [3.8, 4) is 0 Å². The second-order valence-electron chi connectivity index (χ2n) is 3.21. The van der Waals surface area contributed by atoms with E-state index in [1.807, 2.05) is 6.20 Å². The Morgan fingerprint density at radius 1 is 1.33 bits per heavy atom. The number of nitrogens with zero attached hydrogens (tertiary/aromatic N) is 2. The molecule has 0 spiro atoms. The van der Waals surface area contributed by atoms with Crippen LogP contribution in [-0.2, 0) is 0 Å². The van der Waals surface area contributed by atoms with Gasteiger partial charge in [-0.3, -0.25) is 0 Å². The predicted octanol–water partition coefficient (Wildman–Crippen LogP) is 0.598. The molecule has 0 radical (unpaired) electrons. The predicted molar refractivity (Wildman–Crippen MR) is 50.3 cm³/mol. The quantitative estimate of drug-likeness (QED) is 0.569. The van der Waals surface area contributed by atoms with Crippen molar-refractivity contribution in [1.29, 1.82) is 0 Å². The maximum absolute atomic E-state index is 4.39. The average Bonchev–Trinajstić information content (AvgIpc) is 2.21. The Balaban J connectivity index is 1.97. The van der Waals surface area contributed by atoms with Crippen LogP contribution in [-0.4, -0.2) is 36.9 Å². The van der Waals surface area contributed by atoms with Crippen molar-refractivity contribution in [1.82, 2.24) is 10.2 Å². The lowest BCUT2D eigenvalue weighted by atomic mass is 10.2. The molecular formula is C9H15N3. The van der Waals surface area contributed by atoms with Gasteiger partial charge in [0, 0.05) is 38.8 Å². The van der Waals surface area contributed by atoms with Gasteiger partial charge in [0.25, 0.3) is 0 Å². The van der Waals surface area contributed by atoms with Crippen LogP contribution < -0.4 is 5.32 Å². The maximum Gasteiger partial charge on any atom is 0.104 e. The highest BCUT2D eigenvalue weighted by molar-refractivity contribution is 5.83. The number of aliphatic imine (C=N–C) groups is 1. The van der Waals surface area contributed by atoms with Crippen molar-refractivity contribution in [3.63, 3.8) is 0 Å². The first-order valence-electron chi connectivity index (χ1n) is 4.64. The number of amidine groups is 1. The number of piperazine rings is 1. The van der Waals surface area contributed by atoms with Gasteiger partial charge in [-0.2, -0.15) is 0 Å². The van der Waals surface area contributed by atoms with Crippen LogP contribution in [0.5, 0.6) is 0 Å². The fraction of sp³-hybridized carbons (Fsp3) is 0.667. The molecule has 1 saturated heterocycles. The van der Waals surface area contributed by atoms with E-state index in [0.717, 1.165) is 39.0 Å². The summed E-state index contributed by atoms with van der Waals surface area (Å²) in [4.78, 5) is 6.78. The van der Waals surface area contributed by atoms with E-state index in [9.17, 15) is 0 Å². The van der Waals surface area contributed by atoms with Gasteiger partial charge in [-0.05, 0) is 6.42 Å². The largest absolute Gasteiger partial charge is 0.358 e. The topological polar surface area (TPSA) is 27.6 Å². The number of hydrogen-bond donors (Lipinski definition) is 1. The molecular weight excluding hydrogens is 150 g/mol. The van der Waals surface area contributed by atoms with Gasteiger partial charge in [0.2, 0.25) is 0 Å². The van der Waals surface area contributed by atoms with Gasteiger partial charge in [0.05, 0.1) is 0 Å². The fourth-order valence-corrected chi connectivity index (χ4v) is 1.65. The molecule has 2 rings (SSSR count). The second kappa shape index (κ2) is 3.72. The Morgan fingerprint density at radius 2 is 2.17 bits per heavy atom. The molecule has 66 valence electrons. The van der Waals surface area contributed by atoms with Gasteiger partial charge >= 0.3 is 0 Å². The minimum Gasteiger partial charge on any atom is -0.358 e. The molecule has 0 unspecified atom stereocenters. The molecule has 3 nitrogen and oxygen atoms in total. The van der Waals surface area contributed by atoms with Crippen LogP contribution in [0.25, 0.3) is 0 Å². The summed E-state index contributed by atoms with van der Waals surface area (Å²) in [5, 5.41) is 3.34. The molecule has 0 aliphatic carbocycles. The molecule has 0 saturated carbocycles. The zero-order valence-corrected chi connectivity index (χ0v) is 7.29. The van der Waals surface area contributed by atoms with Crippen molar-refractivity contribution >= 4 is 5.84 Å². The molecule has 0 bridgehead atoms. The highest BCUT2D eigenvalue weighted by atomic mass is 15.2. The Morgan fingerprint density at radius 3 is 2.83 bits per heavy atom. The Labute approximate surface area is 73.2 Å². The van der Waals surface area contributed by atoms with Crippen LogP contribution >= 0.6 is 0 Å². The SMILES string of the molecule is C1=CN=C(N2CCNCC2)CC1. The number of hydrogen-bond acceptors (Lipinski definition) is 3. The molecule has 3 heteroatoms. The first-order valence-corrected chi connectivity index (χ1v) is 4.64. The van der Waals surface area contributed by atoms with Crippen molar-refractivity contribution < 1.29 is 0 Å². The fourth-order valence-electron chi connectivity index (χ4n) is 1.65. The number of allylic oxidation sites excluding steroid dienone is 1. The highest BCUT2D eigenvalue weighted by Crippen LogP contribution is 2.07. The molecule has 2 aliphatic rings. The van der Waals surface area contributed by atoms with Crippen LogP contribution in [0.4, 0.5) is 0 Å². The van der Waals surface area contributed by atoms with Crippen molar-refractivity contribution in [3.05, 3.63) is 12.3 Å². The monoisotopic (exact) mass is 165 g/mol. The third-order valence-corrected chi connectivity index (χ3v) is 2.35. The maximum atomic E-state index is 4.39. The molecule has 0 amide bonds. The molecule has 12 heavy (non-hydrogen) atoms. The molecule has 0 atom stereocenters. The van der Waals surface area contributed by atoms with Crippen molar-refractivity contribution in [2.75, 3.05) is 26.2 Å². The van der Waals surface area contributed by atoms with Gasteiger partial charge in [-0.25, -0.2) is 4.99 Å². The van der Waals surface area contributed by atoms with Gasteiger partial charge in [-0.15, -0.1) is 0 Å². The van der Waals surface area contributed by atoms with Gasteiger partial charge in [0.1, 0.15) is 5.84 Å². The van der Waals surface area contributed by atoms with Crippen LogP contribution in [0.1, 0.15) is 12.8 Å². The van der Waals surface area contributed by atoms with Gasteiger partial charge in [-0.1, -0.05) is 6.08 Å². The minimum atomic E-state index is 1.10. The van der Waals surface area contributed by atoms with E-state index in [4.69, 9.17) is 0 Å². The molecule has 0 aromatic heterocycles. The third-order valence-electron chi connectivity index (χ3n) is 2.35. The summed E-state index contributed by atoms with van der Waals surface area (Å²) in [6, 6.07) is 0. The smallest absolute Gasteiger partial charge is 0.104 e. The molecule has 1 fully saturated rings. The van der Waals surface area contributed by atoms with E-state index in [2.05, 4.69) is 21.3 Å². The summed E-state index contributed by atoms with van der Waals surface area (Å²) in [6.45, 7) is 4.44. The standard InChI is InChI=1S/C9H15N3/c1-2-4-11-9(3-1)12-7-5-10-6-8-12/h2,4,10H,1,3,5-8H2. The van der Waals surface area contributed by atoms with E-state index in [0.29, 0.717) is 0 Å². The normalized spacial score (nSPS) is 24.0. The summed E-state index contributed by atoms with van der Waals surface area (Å²) in [5.74, 6) is 1.28. The number of nitrogens with one attached hydrogen (secondary N) is 1. The summed E-state index contributed by atoms with van der Waals surface area (Å²) < 4.78 is 0. The van der Waals surface area contributed by atoms with Gasteiger partial charge in [0.15, 0.2) is 0 Å². The lowest BCUT2D eigenvalue weighted by Gasteiger charge is -2.30. The number of rotatable bonds is 0. The summed E-state index contributed by atoms with van der Waals surface area (Å²) in [6.07, 6.45) is 6.34. The summed E-state index contributed by atoms with van der Waals surface area (Å²) >= 11 is 0. The Hall–Kier alpha value is -0.830.